The van der Waals surface area contributed by atoms with Crippen LogP contribution in [0, 0.1) is 6.92 Å². The SMILES string of the molecule is Cc1noc2nc(C(C)C)cc(C(=O)NC3CCCNC3)c12. The maximum Gasteiger partial charge on any atom is 0.259 e. The second-order valence-corrected chi connectivity index (χ2v) is 6.21. The zero-order valence-corrected chi connectivity index (χ0v) is 13.3. The van der Waals surface area contributed by atoms with Gasteiger partial charge < -0.3 is 15.2 Å². The number of rotatable bonds is 3. The van der Waals surface area contributed by atoms with Crippen LogP contribution in [0.3, 0.4) is 0 Å². The largest absolute Gasteiger partial charge is 0.348 e. The third-order valence-corrected chi connectivity index (χ3v) is 4.11. The quantitative estimate of drug-likeness (QED) is 0.908. The molecule has 1 aliphatic rings. The second-order valence-electron chi connectivity index (χ2n) is 6.21. The summed E-state index contributed by atoms with van der Waals surface area (Å²) in [4.78, 5) is 17.2. The molecule has 1 fully saturated rings. The van der Waals surface area contributed by atoms with Crippen LogP contribution in [0.25, 0.3) is 11.1 Å². The molecule has 1 saturated heterocycles. The van der Waals surface area contributed by atoms with Crippen molar-refractivity contribution < 1.29 is 9.32 Å². The third-order valence-electron chi connectivity index (χ3n) is 4.11. The number of fused-ring (bicyclic) bond motifs is 1. The van der Waals surface area contributed by atoms with Gasteiger partial charge in [-0.05, 0) is 38.3 Å². The van der Waals surface area contributed by atoms with Crippen LogP contribution in [0.15, 0.2) is 10.6 Å². The van der Waals surface area contributed by atoms with Crippen LogP contribution in [0.4, 0.5) is 0 Å². The molecule has 1 amide bonds. The van der Waals surface area contributed by atoms with Gasteiger partial charge in [-0.1, -0.05) is 19.0 Å². The molecule has 1 aliphatic heterocycles. The van der Waals surface area contributed by atoms with Crippen molar-refractivity contribution in [2.45, 2.75) is 45.6 Å². The van der Waals surface area contributed by atoms with Gasteiger partial charge in [0.25, 0.3) is 11.6 Å². The summed E-state index contributed by atoms with van der Waals surface area (Å²) in [6.07, 6.45) is 2.09. The topological polar surface area (TPSA) is 80.0 Å². The highest BCUT2D eigenvalue weighted by Crippen LogP contribution is 2.25. The van der Waals surface area contributed by atoms with Gasteiger partial charge in [-0.3, -0.25) is 4.79 Å². The molecule has 6 heteroatoms. The van der Waals surface area contributed by atoms with Gasteiger partial charge in [0.2, 0.25) is 0 Å². The highest BCUT2D eigenvalue weighted by atomic mass is 16.5. The van der Waals surface area contributed by atoms with Crippen LogP contribution in [0.1, 0.15) is 54.4 Å². The normalized spacial score (nSPS) is 18.8. The van der Waals surface area contributed by atoms with Crippen molar-refractivity contribution in [3.63, 3.8) is 0 Å². The van der Waals surface area contributed by atoms with E-state index in [2.05, 4.69) is 20.8 Å². The molecule has 1 unspecified atom stereocenters. The monoisotopic (exact) mass is 302 g/mol. The molecule has 118 valence electrons. The number of nitrogens with zero attached hydrogens (tertiary/aromatic N) is 2. The lowest BCUT2D eigenvalue weighted by Crippen LogP contribution is -2.45. The number of amides is 1. The van der Waals surface area contributed by atoms with Crippen LogP contribution in [-0.2, 0) is 0 Å². The van der Waals surface area contributed by atoms with E-state index in [0.29, 0.717) is 22.4 Å². The fourth-order valence-corrected chi connectivity index (χ4v) is 2.83. The standard InChI is InChI=1S/C16H22N4O2/c1-9(2)13-7-12(14-10(3)20-22-16(14)19-13)15(21)18-11-5-4-6-17-8-11/h7,9,11,17H,4-6,8H2,1-3H3,(H,18,21). The Hall–Kier alpha value is -1.95. The Labute approximate surface area is 129 Å². The predicted molar refractivity (Wildman–Crippen MR) is 84.0 cm³/mol. The highest BCUT2D eigenvalue weighted by molar-refractivity contribution is 6.06. The molecule has 2 aromatic rings. The van der Waals surface area contributed by atoms with Crippen LogP contribution < -0.4 is 10.6 Å². The lowest BCUT2D eigenvalue weighted by atomic mass is 10.0. The summed E-state index contributed by atoms with van der Waals surface area (Å²) in [6.45, 7) is 7.77. The number of carbonyl (C=O) groups excluding carboxylic acids is 1. The minimum Gasteiger partial charge on any atom is -0.348 e. The van der Waals surface area contributed by atoms with E-state index in [1.165, 1.54) is 0 Å². The smallest absolute Gasteiger partial charge is 0.259 e. The summed E-state index contributed by atoms with van der Waals surface area (Å²) in [5.74, 6) is 0.145. The van der Waals surface area contributed by atoms with Crippen LogP contribution in [0.2, 0.25) is 0 Å². The maximum atomic E-state index is 12.7. The summed E-state index contributed by atoms with van der Waals surface area (Å²) in [6, 6.07) is 2.04. The van der Waals surface area contributed by atoms with Gasteiger partial charge in [-0.2, -0.15) is 0 Å². The average Bonchev–Trinajstić information content (AvgIpc) is 2.89. The Morgan fingerprint density at radius 1 is 1.50 bits per heavy atom. The van der Waals surface area contributed by atoms with Crippen molar-refractivity contribution in [2.24, 2.45) is 0 Å². The molecular weight excluding hydrogens is 280 g/mol. The Morgan fingerprint density at radius 2 is 2.32 bits per heavy atom. The fraction of sp³-hybridized carbons (Fsp3) is 0.562. The number of piperidine rings is 1. The van der Waals surface area contributed by atoms with Gasteiger partial charge in [0.1, 0.15) is 0 Å². The van der Waals surface area contributed by atoms with Gasteiger partial charge in [0.15, 0.2) is 0 Å². The summed E-state index contributed by atoms with van der Waals surface area (Å²) in [7, 11) is 0. The van der Waals surface area contributed by atoms with Gasteiger partial charge in [0, 0.05) is 18.3 Å². The molecule has 22 heavy (non-hydrogen) atoms. The zero-order valence-electron chi connectivity index (χ0n) is 13.3. The highest BCUT2D eigenvalue weighted by Gasteiger charge is 2.22. The van der Waals surface area contributed by atoms with Gasteiger partial charge >= 0.3 is 0 Å². The molecule has 0 bridgehead atoms. The molecule has 0 saturated carbocycles. The predicted octanol–water partition coefficient (Wildman–Crippen LogP) is 2.14. The van der Waals surface area contributed by atoms with Crippen LogP contribution >= 0.6 is 0 Å². The summed E-state index contributed by atoms with van der Waals surface area (Å²) < 4.78 is 5.27. The van der Waals surface area contributed by atoms with Crippen LogP contribution in [0.5, 0.6) is 0 Å². The number of pyridine rings is 1. The molecule has 3 rings (SSSR count). The summed E-state index contributed by atoms with van der Waals surface area (Å²) in [5, 5.41) is 11.1. The average molecular weight is 302 g/mol. The number of nitrogens with one attached hydrogen (secondary N) is 2. The van der Waals surface area contributed by atoms with Gasteiger partial charge in [-0.25, -0.2) is 4.98 Å². The lowest BCUT2D eigenvalue weighted by Gasteiger charge is -2.24. The van der Waals surface area contributed by atoms with E-state index in [4.69, 9.17) is 4.52 Å². The zero-order chi connectivity index (χ0) is 15.7. The van der Waals surface area contributed by atoms with Gasteiger partial charge in [0.05, 0.1) is 16.6 Å². The summed E-state index contributed by atoms with van der Waals surface area (Å²) >= 11 is 0. The molecule has 2 N–H and O–H groups in total. The van der Waals surface area contributed by atoms with E-state index < -0.39 is 0 Å². The van der Waals surface area contributed by atoms with E-state index in [1.807, 2.05) is 26.8 Å². The molecule has 2 aromatic heterocycles. The van der Waals surface area contributed by atoms with E-state index in [1.54, 1.807) is 0 Å². The van der Waals surface area contributed by atoms with Crippen molar-refractivity contribution in [1.82, 2.24) is 20.8 Å². The Morgan fingerprint density at radius 3 is 3.00 bits per heavy atom. The fourth-order valence-electron chi connectivity index (χ4n) is 2.83. The first kappa shape index (κ1) is 15.0. The Bertz CT molecular complexity index is 687. The number of aromatic nitrogens is 2. The molecule has 6 nitrogen and oxygen atoms in total. The van der Waals surface area contributed by atoms with E-state index >= 15 is 0 Å². The lowest BCUT2D eigenvalue weighted by molar-refractivity contribution is 0.0932. The van der Waals surface area contributed by atoms with E-state index in [0.717, 1.165) is 31.6 Å². The molecule has 0 spiro atoms. The van der Waals surface area contributed by atoms with E-state index in [9.17, 15) is 4.79 Å². The minimum atomic E-state index is -0.0747. The first-order valence-corrected chi connectivity index (χ1v) is 7.84. The minimum absolute atomic E-state index is 0.0747. The van der Waals surface area contributed by atoms with Crippen molar-refractivity contribution in [3.8, 4) is 0 Å². The number of hydrogen-bond donors (Lipinski definition) is 2. The van der Waals surface area contributed by atoms with Crippen molar-refractivity contribution in [3.05, 3.63) is 23.0 Å². The molecule has 1 atom stereocenters. The number of aryl methyl sites for hydroxylation is 1. The number of carbonyl (C=O) groups is 1. The van der Waals surface area contributed by atoms with Crippen molar-refractivity contribution >= 4 is 17.0 Å². The van der Waals surface area contributed by atoms with Gasteiger partial charge in [-0.15, -0.1) is 0 Å². The van der Waals surface area contributed by atoms with Crippen LogP contribution in [-0.4, -0.2) is 35.2 Å². The molecule has 0 aromatic carbocycles. The first-order valence-electron chi connectivity index (χ1n) is 7.84. The number of hydrogen-bond acceptors (Lipinski definition) is 5. The first-order chi connectivity index (χ1) is 10.6. The maximum absolute atomic E-state index is 12.7. The Kier molecular flexibility index (Phi) is 4.11. The molecular formula is C16H22N4O2. The molecule has 0 aliphatic carbocycles. The Balaban J connectivity index is 1.96. The van der Waals surface area contributed by atoms with E-state index in [-0.39, 0.29) is 17.9 Å². The molecule has 0 radical (unpaired) electrons. The second kappa shape index (κ2) is 6.04. The van der Waals surface area contributed by atoms with Crippen molar-refractivity contribution in [2.75, 3.05) is 13.1 Å². The summed E-state index contributed by atoms with van der Waals surface area (Å²) in [5.41, 5.74) is 2.59. The van der Waals surface area contributed by atoms with Crippen molar-refractivity contribution in [1.29, 1.82) is 0 Å². The third kappa shape index (κ3) is 2.83. The molecule has 3 heterocycles.